The van der Waals surface area contributed by atoms with Gasteiger partial charge in [0.05, 0.1) is 16.9 Å². The maximum atomic E-state index is 13.6. The zero-order chi connectivity index (χ0) is 19.8. The molecule has 0 saturated carbocycles. The number of hydrogen-bond acceptors (Lipinski definition) is 5. The highest BCUT2D eigenvalue weighted by atomic mass is 32.2. The summed E-state index contributed by atoms with van der Waals surface area (Å²) in [6.45, 7) is 3.16. The van der Waals surface area contributed by atoms with Gasteiger partial charge in [-0.15, -0.1) is 11.8 Å². The van der Waals surface area contributed by atoms with Gasteiger partial charge < -0.3 is 10.1 Å². The van der Waals surface area contributed by atoms with Crippen molar-refractivity contribution in [3.8, 4) is 0 Å². The second-order valence-corrected chi connectivity index (χ2v) is 7.00. The molecule has 0 aromatic heterocycles. The maximum Gasteiger partial charge on any atom is 0.339 e. The number of thioether (sulfide) groups is 1. The Kier molecular flexibility index (Phi) is 7.55. The molecular weight excluding hydrogens is 369 g/mol. The predicted octanol–water partition coefficient (Wildman–Crippen LogP) is 3.48. The largest absolute Gasteiger partial charge is 0.454 e. The van der Waals surface area contributed by atoms with E-state index in [0.29, 0.717) is 4.90 Å². The number of halogens is 1. The zero-order valence-corrected chi connectivity index (χ0v) is 15.8. The fraction of sp³-hybridized carbons (Fsp3) is 0.250. The second-order valence-electron chi connectivity index (χ2n) is 5.99. The smallest absolute Gasteiger partial charge is 0.339 e. The third kappa shape index (κ3) is 6.21. The first-order valence-electron chi connectivity index (χ1n) is 8.34. The van der Waals surface area contributed by atoms with Crippen LogP contribution in [0, 0.1) is 5.82 Å². The van der Waals surface area contributed by atoms with Gasteiger partial charge in [0, 0.05) is 10.9 Å². The quantitative estimate of drug-likeness (QED) is 0.425. The van der Waals surface area contributed by atoms with Crippen LogP contribution >= 0.6 is 11.8 Å². The lowest BCUT2D eigenvalue weighted by Crippen LogP contribution is -2.31. The molecule has 0 bridgehead atoms. The van der Waals surface area contributed by atoms with Gasteiger partial charge in [0.1, 0.15) is 5.82 Å². The molecule has 0 radical (unpaired) electrons. The van der Waals surface area contributed by atoms with Gasteiger partial charge in [0.2, 0.25) is 11.7 Å². The van der Waals surface area contributed by atoms with E-state index in [1.165, 1.54) is 36.0 Å². The van der Waals surface area contributed by atoms with Crippen LogP contribution in [-0.2, 0) is 9.53 Å². The molecule has 1 amide bonds. The molecule has 0 unspecified atom stereocenters. The molecule has 142 valence electrons. The van der Waals surface area contributed by atoms with E-state index >= 15 is 0 Å². The summed E-state index contributed by atoms with van der Waals surface area (Å²) in [5.74, 6) is -1.98. The number of amides is 1. The van der Waals surface area contributed by atoms with Gasteiger partial charge in [-0.25, -0.2) is 9.18 Å². The SMILES string of the molecule is CC(C)NC(=O)CSc1ccccc1C(=O)OCC(=O)c1ccccc1F. The Balaban J connectivity index is 1.99. The van der Waals surface area contributed by atoms with Crippen LogP contribution in [0.15, 0.2) is 53.4 Å². The van der Waals surface area contributed by atoms with Crippen molar-refractivity contribution >= 4 is 29.4 Å². The van der Waals surface area contributed by atoms with E-state index < -0.39 is 24.2 Å². The first kappa shape index (κ1) is 20.6. The van der Waals surface area contributed by atoms with Crippen LogP contribution < -0.4 is 5.32 Å². The van der Waals surface area contributed by atoms with E-state index in [-0.39, 0.29) is 28.8 Å². The van der Waals surface area contributed by atoms with Gasteiger partial charge in [0.25, 0.3) is 0 Å². The average Bonchev–Trinajstić information content (AvgIpc) is 2.64. The van der Waals surface area contributed by atoms with E-state index in [2.05, 4.69) is 5.32 Å². The van der Waals surface area contributed by atoms with Crippen molar-refractivity contribution < 1.29 is 23.5 Å². The molecule has 0 spiro atoms. The number of carbonyl (C=O) groups excluding carboxylic acids is 3. The van der Waals surface area contributed by atoms with Gasteiger partial charge in [-0.2, -0.15) is 0 Å². The van der Waals surface area contributed by atoms with E-state index in [4.69, 9.17) is 4.74 Å². The fourth-order valence-corrected chi connectivity index (χ4v) is 3.09. The van der Waals surface area contributed by atoms with Gasteiger partial charge in [0.15, 0.2) is 6.61 Å². The van der Waals surface area contributed by atoms with E-state index in [9.17, 15) is 18.8 Å². The molecule has 7 heteroatoms. The summed E-state index contributed by atoms with van der Waals surface area (Å²) in [7, 11) is 0. The molecule has 0 saturated heterocycles. The standard InChI is InChI=1S/C20H20FNO4S/c1-13(2)22-19(24)12-27-18-10-6-4-8-15(18)20(25)26-11-17(23)14-7-3-5-9-16(14)21/h3-10,13H,11-12H2,1-2H3,(H,22,24). The number of esters is 1. The van der Waals surface area contributed by atoms with Crippen molar-refractivity contribution in [2.75, 3.05) is 12.4 Å². The predicted molar refractivity (Wildman–Crippen MR) is 101 cm³/mol. The molecule has 0 atom stereocenters. The average molecular weight is 389 g/mol. The Morgan fingerprint density at radius 1 is 1.04 bits per heavy atom. The third-order valence-electron chi connectivity index (χ3n) is 3.42. The summed E-state index contributed by atoms with van der Waals surface area (Å²) in [6.07, 6.45) is 0. The van der Waals surface area contributed by atoms with Crippen molar-refractivity contribution in [2.45, 2.75) is 24.8 Å². The van der Waals surface area contributed by atoms with Crippen LogP contribution in [0.2, 0.25) is 0 Å². The summed E-state index contributed by atoms with van der Waals surface area (Å²) in [4.78, 5) is 36.7. The van der Waals surface area contributed by atoms with E-state index in [1.807, 2.05) is 13.8 Å². The second kappa shape index (κ2) is 9.87. The number of carbonyl (C=O) groups is 3. The molecule has 2 aromatic carbocycles. The highest BCUT2D eigenvalue weighted by Gasteiger charge is 2.17. The molecule has 0 aliphatic rings. The molecule has 0 aliphatic carbocycles. The Morgan fingerprint density at radius 3 is 2.33 bits per heavy atom. The monoisotopic (exact) mass is 389 g/mol. The number of nitrogens with one attached hydrogen (secondary N) is 1. The lowest BCUT2D eigenvalue weighted by Gasteiger charge is -2.11. The Labute approximate surface area is 161 Å². The summed E-state index contributed by atoms with van der Waals surface area (Å²) in [5.41, 5.74) is 0.125. The first-order chi connectivity index (χ1) is 12.9. The first-order valence-corrected chi connectivity index (χ1v) is 9.33. The Hall–Kier alpha value is -2.67. The minimum Gasteiger partial charge on any atom is -0.454 e. The minimum absolute atomic E-state index is 0.0303. The van der Waals surface area contributed by atoms with Gasteiger partial charge in [-0.05, 0) is 38.1 Å². The van der Waals surface area contributed by atoms with Crippen LogP contribution in [-0.4, -0.2) is 36.1 Å². The van der Waals surface area contributed by atoms with Crippen molar-refractivity contribution in [1.82, 2.24) is 5.32 Å². The summed E-state index contributed by atoms with van der Waals surface area (Å²) in [5, 5.41) is 2.77. The highest BCUT2D eigenvalue weighted by molar-refractivity contribution is 8.00. The summed E-state index contributed by atoms with van der Waals surface area (Å²) in [6, 6.07) is 12.2. The number of ether oxygens (including phenoxy) is 1. The molecule has 0 fully saturated rings. The molecule has 0 aliphatic heterocycles. The molecule has 5 nitrogen and oxygen atoms in total. The topological polar surface area (TPSA) is 72.5 Å². The number of Topliss-reactive ketones (excluding diaryl/α,β-unsaturated/α-hetero) is 1. The summed E-state index contributed by atoms with van der Waals surface area (Å²) >= 11 is 1.20. The molecule has 2 aromatic rings. The zero-order valence-electron chi connectivity index (χ0n) is 15.0. The highest BCUT2D eigenvalue weighted by Crippen LogP contribution is 2.23. The minimum atomic E-state index is -0.702. The van der Waals surface area contributed by atoms with Gasteiger partial charge >= 0.3 is 5.97 Å². The molecular formula is C20H20FNO4S. The van der Waals surface area contributed by atoms with Crippen molar-refractivity contribution in [2.24, 2.45) is 0 Å². The Morgan fingerprint density at radius 2 is 1.67 bits per heavy atom. The van der Waals surface area contributed by atoms with E-state index in [1.54, 1.807) is 24.3 Å². The number of benzene rings is 2. The number of hydrogen-bond donors (Lipinski definition) is 1. The molecule has 27 heavy (non-hydrogen) atoms. The van der Waals surface area contributed by atoms with Gasteiger partial charge in [-0.3, -0.25) is 9.59 Å². The fourth-order valence-electron chi connectivity index (χ4n) is 2.24. The molecule has 2 rings (SSSR count). The van der Waals surface area contributed by atoms with Crippen LogP contribution in [0.25, 0.3) is 0 Å². The number of rotatable bonds is 8. The van der Waals surface area contributed by atoms with Crippen LogP contribution in [0.3, 0.4) is 0 Å². The van der Waals surface area contributed by atoms with Crippen LogP contribution in [0.5, 0.6) is 0 Å². The normalized spacial score (nSPS) is 10.5. The van der Waals surface area contributed by atoms with Crippen molar-refractivity contribution in [1.29, 1.82) is 0 Å². The lowest BCUT2D eigenvalue weighted by molar-refractivity contribution is -0.119. The Bertz CT molecular complexity index is 838. The van der Waals surface area contributed by atoms with E-state index in [0.717, 1.165) is 0 Å². The van der Waals surface area contributed by atoms with Gasteiger partial charge in [-0.1, -0.05) is 24.3 Å². The maximum absolute atomic E-state index is 13.6. The van der Waals surface area contributed by atoms with Crippen LogP contribution in [0.1, 0.15) is 34.6 Å². The molecule has 1 N–H and O–H groups in total. The third-order valence-corrected chi connectivity index (χ3v) is 4.50. The van der Waals surface area contributed by atoms with Crippen molar-refractivity contribution in [3.63, 3.8) is 0 Å². The molecule has 0 heterocycles. The lowest BCUT2D eigenvalue weighted by atomic mass is 10.1. The summed E-state index contributed by atoms with van der Waals surface area (Å²) < 4.78 is 18.7. The number of ketones is 1. The van der Waals surface area contributed by atoms with Crippen LogP contribution in [0.4, 0.5) is 4.39 Å². The van der Waals surface area contributed by atoms with Crippen molar-refractivity contribution in [3.05, 3.63) is 65.5 Å².